The average Bonchev–Trinajstić information content (AvgIpc) is 3.35. The van der Waals surface area contributed by atoms with Crippen LogP contribution in [0.5, 0.6) is 5.75 Å². The zero-order chi connectivity index (χ0) is 23.4. The number of benzene rings is 3. The van der Waals surface area contributed by atoms with Gasteiger partial charge in [-0.25, -0.2) is 4.68 Å². The van der Waals surface area contributed by atoms with E-state index in [0.29, 0.717) is 16.7 Å². The Hall–Kier alpha value is -3.83. The van der Waals surface area contributed by atoms with E-state index in [0.717, 1.165) is 17.0 Å². The average molecular weight is 473 g/mol. The second-order valence-electron chi connectivity index (χ2n) is 7.23. The summed E-state index contributed by atoms with van der Waals surface area (Å²) in [4.78, 5) is 2.28. The summed E-state index contributed by atoms with van der Waals surface area (Å²) in [5.41, 5.74) is 1.70. The third-order valence-electron chi connectivity index (χ3n) is 5.10. The molecule has 2 N–H and O–H groups in total. The summed E-state index contributed by atoms with van der Waals surface area (Å²) in [5, 5.41) is 5.96. The van der Waals surface area contributed by atoms with E-state index in [9.17, 15) is 26.1 Å². The minimum absolute atomic E-state index is 0.150. The molecule has 0 aliphatic carbocycles. The van der Waals surface area contributed by atoms with E-state index in [2.05, 4.69) is 14.8 Å². The number of alkyl halides is 3. The molecule has 5 aromatic rings. The molecule has 0 saturated carbocycles. The summed E-state index contributed by atoms with van der Waals surface area (Å²) in [6, 6.07) is 17.7. The summed E-state index contributed by atoms with van der Waals surface area (Å²) in [5.74, 6) is -0.303. The summed E-state index contributed by atoms with van der Waals surface area (Å²) in [6.07, 6.45) is -3.62. The number of hydrogen-bond donors (Lipinski definition) is 2. The number of ether oxygens (including phenoxy) is 1. The highest BCUT2D eigenvalue weighted by molar-refractivity contribution is 7.86. The zero-order valence-corrected chi connectivity index (χ0v) is 17.4. The molecular formula is C22H14F3N3O4S. The van der Waals surface area contributed by atoms with Crippen LogP contribution in [0.25, 0.3) is 38.8 Å². The van der Waals surface area contributed by atoms with E-state index in [-0.39, 0.29) is 11.1 Å². The fourth-order valence-electron chi connectivity index (χ4n) is 3.73. The van der Waals surface area contributed by atoms with Gasteiger partial charge < -0.3 is 9.72 Å². The molecule has 7 nitrogen and oxygen atoms in total. The smallest absolute Gasteiger partial charge is 0.404 e. The first-order valence-corrected chi connectivity index (χ1v) is 11.0. The fraction of sp³-hybridized carbons (Fsp3) is 0.0455. The number of hydrogen-bond acceptors (Lipinski definition) is 4. The lowest BCUT2D eigenvalue weighted by molar-refractivity contribution is -0.275. The molecule has 0 atom stereocenters. The Labute approximate surface area is 184 Å². The molecule has 0 fully saturated rings. The number of aromatic amines is 1. The minimum Gasteiger partial charge on any atom is -0.404 e. The normalized spacial score (nSPS) is 12.5. The number of nitrogens with one attached hydrogen (secondary N) is 1. The molecule has 5 rings (SSSR count). The van der Waals surface area contributed by atoms with Gasteiger partial charge in [-0.3, -0.25) is 4.55 Å². The highest BCUT2D eigenvalue weighted by atomic mass is 32.2. The van der Waals surface area contributed by atoms with Gasteiger partial charge in [0.05, 0.1) is 11.7 Å². The number of para-hydroxylation sites is 2. The lowest BCUT2D eigenvalue weighted by Crippen LogP contribution is -2.19. The Balaban J connectivity index is 1.65. The van der Waals surface area contributed by atoms with Crippen LogP contribution in [-0.4, -0.2) is 34.1 Å². The lowest BCUT2D eigenvalue weighted by atomic mass is 10.0. The van der Waals surface area contributed by atoms with Crippen LogP contribution in [-0.2, 0) is 10.1 Å². The summed E-state index contributed by atoms with van der Waals surface area (Å²) >= 11 is 0. The van der Waals surface area contributed by atoms with Crippen LogP contribution in [0.1, 0.15) is 0 Å². The summed E-state index contributed by atoms with van der Waals surface area (Å²) in [7, 11) is -4.97. The van der Waals surface area contributed by atoms with Crippen LogP contribution < -0.4 is 4.74 Å². The molecule has 0 aliphatic heterocycles. The highest BCUT2D eigenvalue weighted by Crippen LogP contribution is 2.40. The Bertz CT molecular complexity index is 1590. The van der Waals surface area contributed by atoms with Crippen molar-refractivity contribution < 1.29 is 30.9 Å². The topological polar surface area (TPSA) is 97.2 Å². The van der Waals surface area contributed by atoms with Gasteiger partial charge in [0.2, 0.25) is 0 Å². The Kier molecular flexibility index (Phi) is 4.69. The largest absolute Gasteiger partial charge is 0.573 e. The summed E-state index contributed by atoms with van der Waals surface area (Å²) in [6.45, 7) is 0. The van der Waals surface area contributed by atoms with Gasteiger partial charge in [0.1, 0.15) is 10.7 Å². The third kappa shape index (κ3) is 3.92. The van der Waals surface area contributed by atoms with Crippen LogP contribution in [0.15, 0.2) is 77.8 Å². The number of H-pyrrole nitrogens is 1. The summed E-state index contributed by atoms with van der Waals surface area (Å²) < 4.78 is 77.4. The van der Waals surface area contributed by atoms with Gasteiger partial charge in [-0.2, -0.15) is 13.5 Å². The van der Waals surface area contributed by atoms with Crippen LogP contribution >= 0.6 is 0 Å². The van der Waals surface area contributed by atoms with Crippen molar-refractivity contribution in [3.8, 4) is 22.7 Å². The molecule has 3 aromatic carbocycles. The number of rotatable bonds is 4. The second kappa shape index (κ2) is 7.36. The number of fused-ring (bicyclic) bond motifs is 2. The molecule has 0 radical (unpaired) electrons. The monoisotopic (exact) mass is 473 g/mol. The van der Waals surface area contributed by atoms with E-state index in [1.54, 1.807) is 23.0 Å². The molecule has 0 spiro atoms. The van der Waals surface area contributed by atoms with Crippen molar-refractivity contribution in [1.29, 1.82) is 0 Å². The lowest BCUT2D eigenvalue weighted by Gasteiger charge is -2.16. The van der Waals surface area contributed by atoms with Crippen molar-refractivity contribution >= 4 is 31.9 Å². The quantitative estimate of drug-likeness (QED) is 0.345. The van der Waals surface area contributed by atoms with Crippen LogP contribution in [0.3, 0.4) is 0 Å². The molecular weight excluding hydrogens is 459 g/mol. The van der Waals surface area contributed by atoms with Crippen LogP contribution in [0, 0.1) is 0 Å². The predicted molar refractivity (Wildman–Crippen MR) is 115 cm³/mol. The van der Waals surface area contributed by atoms with Gasteiger partial charge >= 0.3 is 6.36 Å². The van der Waals surface area contributed by atoms with E-state index in [1.807, 2.05) is 30.3 Å². The molecule has 0 saturated heterocycles. The first-order valence-electron chi connectivity index (χ1n) is 9.53. The molecule has 11 heteroatoms. The molecule has 2 heterocycles. The number of aromatic nitrogens is 3. The molecule has 2 aromatic heterocycles. The molecule has 0 unspecified atom stereocenters. The minimum atomic E-state index is -5.17. The SMILES string of the molecule is O=S(=O)(O)c1cccc(-c2ccc3c(cnn3-c3cc4ccccc4[nH]3)c2)c1OC(F)(F)F. The first-order chi connectivity index (χ1) is 15.6. The van der Waals surface area contributed by atoms with Gasteiger partial charge in [0.15, 0.2) is 5.75 Å². The van der Waals surface area contributed by atoms with Crippen molar-refractivity contribution in [3.63, 3.8) is 0 Å². The van der Waals surface area contributed by atoms with Gasteiger partial charge in [-0.15, -0.1) is 13.2 Å². The van der Waals surface area contributed by atoms with Gasteiger partial charge in [-0.1, -0.05) is 36.4 Å². The van der Waals surface area contributed by atoms with Gasteiger partial charge in [0, 0.05) is 21.9 Å². The standard InChI is InChI=1S/C22H14F3N3O4S/c23-22(24,25)32-21-16(5-3-7-19(21)33(29,30)31)13-8-9-18-15(10-13)12-26-28(18)20-11-14-4-1-2-6-17(14)27-20/h1-12,27H,(H,29,30,31). The maximum Gasteiger partial charge on any atom is 0.573 e. The molecule has 168 valence electrons. The Morgan fingerprint density at radius 1 is 0.970 bits per heavy atom. The molecule has 0 bridgehead atoms. The van der Waals surface area contributed by atoms with Gasteiger partial charge in [-0.05, 0) is 35.9 Å². The van der Waals surface area contributed by atoms with Crippen molar-refractivity contribution in [1.82, 2.24) is 14.8 Å². The Morgan fingerprint density at radius 3 is 2.48 bits per heavy atom. The molecule has 0 aliphatic rings. The van der Waals surface area contributed by atoms with Crippen LogP contribution in [0.2, 0.25) is 0 Å². The maximum atomic E-state index is 13.0. The zero-order valence-electron chi connectivity index (χ0n) is 16.5. The van der Waals surface area contributed by atoms with E-state index >= 15 is 0 Å². The maximum absolute atomic E-state index is 13.0. The van der Waals surface area contributed by atoms with Crippen molar-refractivity contribution in [2.75, 3.05) is 0 Å². The second-order valence-corrected chi connectivity index (χ2v) is 8.62. The third-order valence-corrected chi connectivity index (χ3v) is 5.97. The molecule has 0 amide bonds. The van der Waals surface area contributed by atoms with E-state index in [4.69, 9.17) is 0 Å². The molecule has 33 heavy (non-hydrogen) atoms. The van der Waals surface area contributed by atoms with Crippen molar-refractivity contribution in [2.45, 2.75) is 11.3 Å². The highest BCUT2D eigenvalue weighted by Gasteiger charge is 2.35. The van der Waals surface area contributed by atoms with E-state index < -0.39 is 27.1 Å². The van der Waals surface area contributed by atoms with Crippen molar-refractivity contribution in [2.24, 2.45) is 0 Å². The van der Waals surface area contributed by atoms with E-state index in [1.165, 1.54) is 18.2 Å². The fourth-order valence-corrected chi connectivity index (χ4v) is 4.37. The van der Waals surface area contributed by atoms with Gasteiger partial charge in [0.25, 0.3) is 10.1 Å². The Morgan fingerprint density at radius 2 is 1.76 bits per heavy atom. The predicted octanol–water partition coefficient (Wildman–Crippen LogP) is 5.32. The first kappa shape index (κ1) is 21.0. The number of halogens is 3. The van der Waals surface area contributed by atoms with Crippen LogP contribution in [0.4, 0.5) is 13.2 Å². The van der Waals surface area contributed by atoms with Crippen molar-refractivity contribution in [3.05, 3.63) is 72.9 Å². The number of nitrogens with zero attached hydrogens (tertiary/aromatic N) is 2.